The summed E-state index contributed by atoms with van der Waals surface area (Å²) in [5.74, 6) is -1.19. The van der Waals surface area contributed by atoms with Gasteiger partial charge in [-0.05, 0) is 47.5 Å². The monoisotopic (exact) mass is 557 g/mol. The lowest BCUT2D eigenvalue weighted by atomic mass is 10.1. The van der Waals surface area contributed by atoms with Crippen LogP contribution in [0.15, 0.2) is 78.9 Å². The SMILES string of the molecule is O=C(NCc1ccc(OCc2cccc(C(F)(F)F)c2)cc1)[C@H](O)[C@@H](O)C(=O)N1CCN(c2ccccc2)CC1. The van der Waals surface area contributed by atoms with Crippen LogP contribution in [-0.4, -0.2) is 65.3 Å². The maximum absolute atomic E-state index is 12.9. The molecule has 0 bridgehead atoms. The third-order valence-corrected chi connectivity index (χ3v) is 6.58. The van der Waals surface area contributed by atoms with Crippen LogP contribution in [0, 0.1) is 0 Å². The average molecular weight is 558 g/mol. The fraction of sp³-hybridized carbons (Fsp3) is 0.310. The van der Waals surface area contributed by atoms with Gasteiger partial charge in [-0.25, -0.2) is 0 Å². The first-order chi connectivity index (χ1) is 19.1. The Kier molecular flexibility index (Phi) is 9.28. The standard InChI is InChI=1S/C29H30F3N3O5/c30-29(31,32)22-6-4-5-21(17-22)19-40-24-11-9-20(10-12-24)18-33-27(38)25(36)26(37)28(39)35-15-13-34(14-16-35)23-7-2-1-3-8-23/h1-12,17,25-26,36-37H,13-16,18-19H2,(H,33,38)/t25-,26-/m1/s1. The molecular formula is C29H30F3N3O5. The summed E-state index contributed by atoms with van der Waals surface area (Å²) in [5.41, 5.74) is 1.29. The fourth-order valence-corrected chi connectivity index (χ4v) is 4.29. The van der Waals surface area contributed by atoms with Crippen molar-refractivity contribution in [2.75, 3.05) is 31.1 Å². The summed E-state index contributed by atoms with van der Waals surface area (Å²) in [6.07, 6.45) is -8.26. The molecule has 4 rings (SSSR count). The van der Waals surface area contributed by atoms with E-state index in [1.165, 1.54) is 17.0 Å². The Hall–Kier alpha value is -4.09. The van der Waals surface area contributed by atoms with Gasteiger partial charge in [-0.1, -0.05) is 42.5 Å². The van der Waals surface area contributed by atoms with Crippen molar-refractivity contribution in [2.24, 2.45) is 0 Å². The van der Waals surface area contributed by atoms with E-state index < -0.39 is 35.8 Å². The Labute approximate surface area is 229 Å². The molecule has 0 aromatic heterocycles. The van der Waals surface area contributed by atoms with Crippen LogP contribution in [0.3, 0.4) is 0 Å². The molecule has 2 atom stereocenters. The Morgan fingerprint density at radius 3 is 2.17 bits per heavy atom. The molecule has 11 heteroatoms. The highest BCUT2D eigenvalue weighted by molar-refractivity contribution is 5.90. The molecule has 0 spiro atoms. The zero-order chi connectivity index (χ0) is 28.7. The summed E-state index contributed by atoms with van der Waals surface area (Å²) in [7, 11) is 0. The number of hydrogen-bond donors (Lipinski definition) is 3. The van der Waals surface area contributed by atoms with Gasteiger partial charge in [-0.3, -0.25) is 9.59 Å². The van der Waals surface area contributed by atoms with Crippen molar-refractivity contribution in [3.05, 3.63) is 95.6 Å². The van der Waals surface area contributed by atoms with E-state index in [9.17, 15) is 33.0 Å². The quantitative estimate of drug-likeness (QED) is 0.374. The molecule has 3 N–H and O–H groups in total. The fourth-order valence-electron chi connectivity index (χ4n) is 4.29. The van der Waals surface area contributed by atoms with Crippen LogP contribution in [-0.2, 0) is 28.9 Å². The van der Waals surface area contributed by atoms with Crippen LogP contribution in [0.25, 0.3) is 0 Å². The number of aliphatic hydroxyl groups excluding tert-OH is 2. The van der Waals surface area contributed by atoms with Gasteiger partial charge >= 0.3 is 6.18 Å². The first-order valence-electron chi connectivity index (χ1n) is 12.7. The summed E-state index contributed by atoms with van der Waals surface area (Å²) in [4.78, 5) is 28.6. The predicted molar refractivity (Wildman–Crippen MR) is 141 cm³/mol. The summed E-state index contributed by atoms with van der Waals surface area (Å²) in [6, 6.07) is 21.1. The molecule has 0 aliphatic carbocycles. The van der Waals surface area contributed by atoms with E-state index in [0.717, 1.165) is 17.8 Å². The van der Waals surface area contributed by atoms with Gasteiger partial charge in [0.2, 0.25) is 0 Å². The van der Waals surface area contributed by atoms with Crippen molar-refractivity contribution in [3.8, 4) is 5.75 Å². The van der Waals surface area contributed by atoms with Crippen molar-refractivity contribution in [1.29, 1.82) is 0 Å². The lowest BCUT2D eigenvalue weighted by Crippen LogP contribution is -2.55. The van der Waals surface area contributed by atoms with Crippen molar-refractivity contribution < 1.29 is 37.7 Å². The van der Waals surface area contributed by atoms with Crippen molar-refractivity contribution in [3.63, 3.8) is 0 Å². The molecule has 0 saturated carbocycles. The number of carbonyl (C=O) groups excluding carboxylic acids is 2. The molecule has 1 fully saturated rings. The number of nitrogens with one attached hydrogen (secondary N) is 1. The van der Waals surface area contributed by atoms with Crippen LogP contribution in [0.2, 0.25) is 0 Å². The molecule has 2 amide bonds. The smallest absolute Gasteiger partial charge is 0.416 e. The summed E-state index contributed by atoms with van der Waals surface area (Å²) >= 11 is 0. The van der Waals surface area contributed by atoms with Gasteiger partial charge in [0, 0.05) is 38.4 Å². The second-order valence-corrected chi connectivity index (χ2v) is 9.39. The molecule has 40 heavy (non-hydrogen) atoms. The predicted octanol–water partition coefficient (Wildman–Crippen LogP) is 2.97. The number of amides is 2. The number of hydrogen-bond acceptors (Lipinski definition) is 6. The van der Waals surface area contributed by atoms with Gasteiger partial charge in [0.25, 0.3) is 11.8 Å². The Morgan fingerprint density at radius 1 is 0.850 bits per heavy atom. The van der Waals surface area contributed by atoms with E-state index in [4.69, 9.17) is 4.74 Å². The number of carbonyl (C=O) groups is 2. The molecule has 3 aromatic rings. The van der Waals surface area contributed by atoms with Gasteiger partial charge in [0.1, 0.15) is 12.4 Å². The number of nitrogens with zero attached hydrogens (tertiary/aromatic N) is 2. The minimum absolute atomic E-state index is 0.0143. The van der Waals surface area contributed by atoms with Crippen LogP contribution >= 0.6 is 0 Å². The molecule has 1 aliphatic rings. The highest BCUT2D eigenvalue weighted by atomic mass is 19.4. The molecule has 3 aromatic carbocycles. The minimum atomic E-state index is -4.43. The number of benzene rings is 3. The highest BCUT2D eigenvalue weighted by Crippen LogP contribution is 2.29. The van der Waals surface area contributed by atoms with Gasteiger partial charge in [0.05, 0.1) is 5.56 Å². The topological polar surface area (TPSA) is 102 Å². The maximum atomic E-state index is 12.9. The van der Waals surface area contributed by atoms with E-state index in [0.29, 0.717) is 43.1 Å². The van der Waals surface area contributed by atoms with Crippen molar-refractivity contribution in [1.82, 2.24) is 10.2 Å². The first kappa shape index (κ1) is 28.9. The molecule has 1 heterocycles. The van der Waals surface area contributed by atoms with Crippen molar-refractivity contribution in [2.45, 2.75) is 31.5 Å². The molecule has 8 nitrogen and oxygen atoms in total. The Bertz CT molecular complexity index is 1280. The highest BCUT2D eigenvalue weighted by Gasteiger charge is 2.34. The first-order valence-corrected chi connectivity index (χ1v) is 12.7. The van der Waals surface area contributed by atoms with Crippen LogP contribution in [0.5, 0.6) is 5.75 Å². The molecule has 0 radical (unpaired) electrons. The maximum Gasteiger partial charge on any atom is 0.416 e. The number of halogens is 3. The number of piperazine rings is 1. The van der Waals surface area contributed by atoms with E-state index >= 15 is 0 Å². The number of alkyl halides is 3. The van der Waals surface area contributed by atoms with E-state index in [1.54, 1.807) is 24.3 Å². The zero-order valence-corrected chi connectivity index (χ0v) is 21.6. The van der Waals surface area contributed by atoms with E-state index in [-0.39, 0.29) is 13.2 Å². The average Bonchev–Trinajstić information content (AvgIpc) is 2.98. The molecular weight excluding hydrogens is 527 g/mol. The normalized spacial score (nSPS) is 15.3. The summed E-state index contributed by atoms with van der Waals surface area (Å²) in [5, 5.41) is 23.1. The van der Waals surface area contributed by atoms with E-state index in [1.807, 2.05) is 30.3 Å². The summed E-state index contributed by atoms with van der Waals surface area (Å²) in [6.45, 7) is 1.78. The second kappa shape index (κ2) is 12.8. The lowest BCUT2D eigenvalue weighted by molar-refractivity contribution is -0.153. The number of ether oxygens (including phenoxy) is 1. The number of para-hydroxylation sites is 1. The number of anilines is 1. The molecule has 0 unspecified atom stereocenters. The Balaban J connectivity index is 1.21. The van der Waals surface area contributed by atoms with E-state index in [2.05, 4.69) is 10.2 Å². The summed E-state index contributed by atoms with van der Waals surface area (Å²) < 4.78 is 44.2. The van der Waals surface area contributed by atoms with Gasteiger partial charge in [-0.15, -0.1) is 0 Å². The third kappa shape index (κ3) is 7.51. The molecule has 212 valence electrons. The minimum Gasteiger partial charge on any atom is -0.489 e. The van der Waals surface area contributed by atoms with Gasteiger partial charge in [-0.2, -0.15) is 13.2 Å². The number of aliphatic hydroxyl groups is 2. The zero-order valence-electron chi connectivity index (χ0n) is 21.6. The lowest BCUT2D eigenvalue weighted by Gasteiger charge is -2.37. The second-order valence-electron chi connectivity index (χ2n) is 9.39. The van der Waals surface area contributed by atoms with Crippen LogP contribution in [0.4, 0.5) is 18.9 Å². The third-order valence-electron chi connectivity index (χ3n) is 6.58. The van der Waals surface area contributed by atoms with Crippen LogP contribution in [0.1, 0.15) is 16.7 Å². The van der Waals surface area contributed by atoms with Crippen LogP contribution < -0.4 is 15.0 Å². The number of rotatable bonds is 9. The molecule has 1 aliphatic heterocycles. The molecule has 1 saturated heterocycles. The Morgan fingerprint density at radius 2 is 1.52 bits per heavy atom. The van der Waals surface area contributed by atoms with Gasteiger partial charge in [0.15, 0.2) is 12.2 Å². The largest absolute Gasteiger partial charge is 0.489 e. The van der Waals surface area contributed by atoms with Crippen molar-refractivity contribution >= 4 is 17.5 Å². The van der Waals surface area contributed by atoms with Gasteiger partial charge < -0.3 is 30.1 Å².